The van der Waals surface area contributed by atoms with Gasteiger partial charge in [0.05, 0.1) is 45.3 Å². The molecule has 2 fully saturated rings. The predicted octanol–water partition coefficient (Wildman–Crippen LogP) is 2.46. The van der Waals surface area contributed by atoms with Crippen LogP contribution in [-0.4, -0.2) is 50.7 Å². The van der Waals surface area contributed by atoms with Gasteiger partial charge < -0.3 is 24.4 Å². The van der Waals surface area contributed by atoms with Crippen LogP contribution in [0, 0.1) is 23.1 Å². The Kier molecular flexibility index (Phi) is 6.13. The SMILES string of the molecule is COc1ccc(CN(CCC2COC3(CNC3)OC2)c2ccc(C#N)nc2)cc1F. The summed E-state index contributed by atoms with van der Waals surface area (Å²) in [5.74, 6) is -0.297. The summed E-state index contributed by atoms with van der Waals surface area (Å²) in [7, 11) is 1.45. The Labute approximate surface area is 175 Å². The topological polar surface area (TPSA) is 79.6 Å². The van der Waals surface area contributed by atoms with E-state index in [1.54, 1.807) is 18.3 Å². The number of benzene rings is 1. The van der Waals surface area contributed by atoms with Crippen LogP contribution in [0.15, 0.2) is 36.5 Å². The number of ether oxygens (including phenoxy) is 3. The molecule has 0 radical (unpaired) electrons. The molecular weight excluding hydrogens is 387 g/mol. The van der Waals surface area contributed by atoms with E-state index < -0.39 is 5.79 Å². The smallest absolute Gasteiger partial charge is 0.193 e. The van der Waals surface area contributed by atoms with Crippen LogP contribution in [0.1, 0.15) is 17.7 Å². The zero-order chi connectivity index (χ0) is 21.0. The molecule has 158 valence electrons. The first-order valence-corrected chi connectivity index (χ1v) is 10.0. The lowest BCUT2D eigenvalue weighted by Gasteiger charge is -2.46. The first-order valence-electron chi connectivity index (χ1n) is 10.0. The second-order valence-corrected chi connectivity index (χ2v) is 7.69. The maximum absolute atomic E-state index is 14.2. The van der Waals surface area contributed by atoms with Crippen LogP contribution < -0.4 is 15.0 Å². The highest BCUT2D eigenvalue weighted by Crippen LogP contribution is 2.28. The predicted molar refractivity (Wildman–Crippen MR) is 109 cm³/mol. The number of rotatable bonds is 7. The van der Waals surface area contributed by atoms with Gasteiger partial charge >= 0.3 is 0 Å². The molecule has 2 aliphatic rings. The van der Waals surface area contributed by atoms with Gasteiger partial charge in [-0.15, -0.1) is 0 Å². The minimum atomic E-state index is -0.423. The summed E-state index contributed by atoms with van der Waals surface area (Å²) in [5, 5.41) is 12.2. The second kappa shape index (κ2) is 8.96. The Balaban J connectivity index is 1.44. The number of nitrogens with zero attached hydrogens (tertiary/aromatic N) is 3. The molecule has 0 atom stereocenters. The fourth-order valence-electron chi connectivity index (χ4n) is 3.63. The fourth-order valence-corrected chi connectivity index (χ4v) is 3.63. The van der Waals surface area contributed by atoms with Crippen molar-refractivity contribution in [3.05, 3.63) is 53.6 Å². The standard InChI is InChI=1S/C22H25FN4O3/c1-28-21-5-2-16(8-20(21)23)11-27(19-4-3-18(9-24)26-10-19)7-6-17-12-29-22(30-13-17)14-25-15-22/h2-5,8,10,17,25H,6-7,11-15H2,1H3. The molecule has 0 unspecified atom stereocenters. The van der Waals surface area contributed by atoms with Crippen LogP contribution in [0.4, 0.5) is 10.1 Å². The third-order valence-corrected chi connectivity index (χ3v) is 5.58. The van der Waals surface area contributed by atoms with Crippen molar-refractivity contribution in [2.75, 3.05) is 44.9 Å². The summed E-state index contributed by atoms with van der Waals surface area (Å²) in [5.41, 5.74) is 2.07. The maximum atomic E-state index is 14.2. The maximum Gasteiger partial charge on any atom is 0.193 e. The normalized spacial score (nSPS) is 17.9. The van der Waals surface area contributed by atoms with Gasteiger partial charge in [-0.1, -0.05) is 6.07 Å². The first kappa shape index (κ1) is 20.5. The third kappa shape index (κ3) is 4.54. The van der Waals surface area contributed by atoms with Gasteiger partial charge in [-0.3, -0.25) is 0 Å². The van der Waals surface area contributed by atoms with Crippen LogP contribution in [0.25, 0.3) is 0 Å². The average molecular weight is 412 g/mol. The van der Waals surface area contributed by atoms with Gasteiger partial charge in [0.25, 0.3) is 0 Å². The molecule has 1 spiro atoms. The fraction of sp³-hybridized carbons (Fsp3) is 0.455. The molecule has 1 aromatic carbocycles. The van der Waals surface area contributed by atoms with Crippen molar-refractivity contribution in [2.24, 2.45) is 5.92 Å². The Hall–Kier alpha value is -2.73. The van der Waals surface area contributed by atoms with E-state index in [0.29, 0.717) is 25.5 Å². The van der Waals surface area contributed by atoms with E-state index in [4.69, 9.17) is 19.5 Å². The summed E-state index contributed by atoms with van der Waals surface area (Å²) < 4.78 is 31.0. The van der Waals surface area contributed by atoms with Crippen molar-refractivity contribution < 1.29 is 18.6 Å². The largest absolute Gasteiger partial charge is 0.494 e. The average Bonchev–Trinajstić information content (AvgIpc) is 2.76. The summed E-state index contributed by atoms with van der Waals surface area (Å²) in [6.07, 6.45) is 2.55. The molecule has 1 aromatic heterocycles. The molecule has 2 aromatic rings. The van der Waals surface area contributed by atoms with E-state index in [1.165, 1.54) is 13.2 Å². The number of methoxy groups -OCH3 is 1. The molecule has 0 aliphatic carbocycles. The Morgan fingerprint density at radius 1 is 1.30 bits per heavy atom. The van der Waals surface area contributed by atoms with Crippen molar-refractivity contribution >= 4 is 5.69 Å². The zero-order valence-corrected chi connectivity index (χ0v) is 16.9. The molecule has 3 heterocycles. The molecule has 7 nitrogen and oxygen atoms in total. The molecular formula is C22H25FN4O3. The number of nitriles is 1. The van der Waals surface area contributed by atoms with Gasteiger partial charge in [0.2, 0.25) is 0 Å². The van der Waals surface area contributed by atoms with E-state index in [0.717, 1.165) is 37.3 Å². The van der Waals surface area contributed by atoms with Gasteiger partial charge in [0, 0.05) is 19.0 Å². The lowest BCUT2D eigenvalue weighted by Crippen LogP contribution is -2.65. The minimum Gasteiger partial charge on any atom is -0.494 e. The van der Waals surface area contributed by atoms with Crippen LogP contribution in [0.5, 0.6) is 5.75 Å². The van der Waals surface area contributed by atoms with Gasteiger partial charge in [-0.25, -0.2) is 9.37 Å². The van der Waals surface area contributed by atoms with Crippen molar-refractivity contribution in [1.82, 2.24) is 10.3 Å². The summed E-state index contributed by atoms with van der Waals surface area (Å²) in [6.45, 7) is 4.05. The van der Waals surface area contributed by atoms with Crippen molar-refractivity contribution in [3.63, 3.8) is 0 Å². The van der Waals surface area contributed by atoms with E-state index in [1.807, 2.05) is 18.2 Å². The highest BCUT2D eigenvalue weighted by molar-refractivity contribution is 5.47. The molecule has 1 N–H and O–H groups in total. The summed E-state index contributed by atoms with van der Waals surface area (Å²) >= 11 is 0. The number of nitrogens with one attached hydrogen (secondary N) is 1. The summed E-state index contributed by atoms with van der Waals surface area (Å²) in [6, 6.07) is 10.6. The van der Waals surface area contributed by atoms with E-state index in [2.05, 4.69) is 15.2 Å². The van der Waals surface area contributed by atoms with Gasteiger partial charge in [-0.2, -0.15) is 5.26 Å². The highest BCUT2D eigenvalue weighted by atomic mass is 19.1. The first-order chi connectivity index (χ1) is 14.6. The molecule has 2 aliphatic heterocycles. The van der Waals surface area contributed by atoms with Crippen LogP contribution >= 0.6 is 0 Å². The highest BCUT2D eigenvalue weighted by Gasteiger charge is 2.43. The van der Waals surface area contributed by atoms with Crippen molar-refractivity contribution in [2.45, 2.75) is 18.8 Å². The molecule has 4 rings (SSSR count). The van der Waals surface area contributed by atoms with Crippen LogP contribution in [0.2, 0.25) is 0 Å². The monoisotopic (exact) mass is 412 g/mol. The number of aromatic nitrogens is 1. The lowest BCUT2D eigenvalue weighted by atomic mass is 10.0. The molecule has 0 bridgehead atoms. The molecule has 0 amide bonds. The lowest BCUT2D eigenvalue weighted by molar-refractivity contribution is -0.302. The number of anilines is 1. The van der Waals surface area contributed by atoms with Crippen molar-refractivity contribution in [3.8, 4) is 11.8 Å². The Morgan fingerprint density at radius 3 is 2.67 bits per heavy atom. The number of hydrogen-bond donors (Lipinski definition) is 1. The molecule has 2 saturated heterocycles. The quantitative estimate of drug-likeness (QED) is 0.748. The Bertz CT molecular complexity index is 902. The van der Waals surface area contributed by atoms with Gasteiger partial charge in [0.15, 0.2) is 17.4 Å². The Morgan fingerprint density at radius 2 is 2.10 bits per heavy atom. The van der Waals surface area contributed by atoms with Gasteiger partial charge in [0.1, 0.15) is 11.8 Å². The number of halogens is 1. The van der Waals surface area contributed by atoms with Crippen LogP contribution in [-0.2, 0) is 16.0 Å². The van der Waals surface area contributed by atoms with Gasteiger partial charge in [-0.05, 0) is 36.2 Å². The van der Waals surface area contributed by atoms with E-state index >= 15 is 0 Å². The third-order valence-electron chi connectivity index (χ3n) is 5.58. The molecule has 0 saturated carbocycles. The molecule has 30 heavy (non-hydrogen) atoms. The number of hydrogen-bond acceptors (Lipinski definition) is 7. The molecule has 8 heteroatoms. The van der Waals surface area contributed by atoms with E-state index in [-0.39, 0.29) is 17.5 Å². The van der Waals surface area contributed by atoms with Crippen LogP contribution in [0.3, 0.4) is 0 Å². The second-order valence-electron chi connectivity index (χ2n) is 7.69. The summed E-state index contributed by atoms with van der Waals surface area (Å²) in [4.78, 5) is 6.31. The number of pyridine rings is 1. The zero-order valence-electron chi connectivity index (χ0n) is 16.9. The minimum absolute atomic E-state index is 0.223. The van der Waals surface area contributed by atoms with E-state index in [9.17, 15) is 4.39 Å². The van der Waals surface area contributed by atoms with Crippen molar-refractivity contribution in [1.29, 1.82) is 5.26 Å².